The van der Waals surface area contributed by atoms with Gasteiger partial charge in [0.2, 0.25) is 0 Å². The highest BCUT2D eigenvalue weighted by Crippen LogP contribution is 2.38. The fourth-order valence-electron chi connectivity index (χ4n) is 2.58. The predicted molar refractivity (Wildman–Crippen MR) is 71.7 cm³/mol. The zero-order valence-corrected chi connectivity index (χ0v) is 11.3. The van der Waals surface area contributed by atoms with Crippen LogP contribution in [-0.2, 0) is 0 Å². The molecule has 0 saturated carbocycles. The number of hydrogen-bond donors (Lipinski definition) is 2. The van der Waals surface area contributed by atoms with Gasteiger partial charge in [0.15, 0.2) is 5.60 Å². The van der Waals surface area contributed by atoms with E-state index in [1.54, 1.807) is 17.0 Å². The molecular weight excluding hydrogens is 269 g/mol. The second-order valence-electron chi connectivity index (χ2n) is 5.47. The summed E-state index contributed by atoms with van der Waals surface area (Å²) >= 11 is 0. The number of benzene rings is 1. The van der Waals surface area contributed by atoms with Crippen LogP contribution < -0.4 is 10.6 Å². The van der Waals surface area contributed by atoms with Crippen molar-refractivity contribution in [2.45, 2.75) is 31.0 Å². The normalized spacial score (nSPS) is 22.3. The molecule has 1 aliphatic rings. The van der Waals surface area contributed by atoms with Crippen LogP contribution in [0, 0.1) is 0 Å². The lowest BCUT2D eigenvalue weighted by Gasteiger charge is -2.39. The smallest absolute Gasteiger partial charge is 0.379 e. The summed E-state index contributed by atoms with van der Waals surface area (Å²) in [6, 6.07) is 7.31. The van der Waals surface area contributed by atoms with Gasteiger partial charge in [0.25, 0.3) is 0 Å². The number of fused-ring (bicyclic) bond motifs is 1. The van der Waals surface area contributed by atoms with Gasteiger partial charge in [0.05, 0.1) is 6.54 Å². The Morgan fingerprint density at radius 2 is 2.00 bits per heavy atom. The molecule has 0 radical (unpaired) electrons. The molecule has 0 aliphatic carbocycles. The van der Waals surface area contributed by atoms with Crippen molar-refractivity contribution in [1.82, 2.24) is 0 Å². The highest BCUT2D eigenvalue weighted by Gasteiger charge is 2.51. The van der Waals surface area contributed by atoms with E-state index in [0.717, 1.165) is 18.2 Å². The number of β-amino-alcohol motifs (C(OH)–C–C–N with tert-alkyl or cyclic N) is 1. The summed E-state index contributed by atoms with van der Waals surface area (Å²) in [5, 5.41) is 9.66. The van der Waals surface area contributed by atoms with Gasteiger partial charge in [-0.05, 0) is 37.4 Å². The van der Waals surface area contributed by atoms with Crippen LogP contribution in [0.5, 0.6) is 0 Å². The summed E-state index contributed by atoms with van der Waals surface area (Å²) < 4.78 is 38.4. The number of hydrogen-bond acceptors (Lipinski definition) is 3. The minimum Gasteiger partial charge on any atom is -0.379 e. The molecule has 6 heteroatoms. The number of aliphatic hydroxyl groups is 1. The minimum absolute atomic E-state index is 0.165. The van der Waals surface area contributed by atoms with Crippen molar-refractivity contribution in [2.75, 3.05) is 24.5 Å². The van der Waals surface area contributed by atoms with Gasteiger partial charge in [0, 0.05) is 12.2 Å². The van der Waals surface area contributed by atoms with Gasteiger partial charge in [0.1, 0.15) is 0 Å². The molecule has 20 heavy (non-hydrogen) atoms. The average Bonchev–Trinajstić information content (AvgIpc) is 2.37. The number of anilines is 1. The predicted octanol–water partition coefficient (Wildman–Crippen LogP) is 2.25. The lowest BCUT2D eigenvalue weighted by Crippen LogP contribution is -2.52. The van der Waals surface area contributed by atoms with Gasteiger partial charge in [-0.1, -0.05) is 18.2 Å². The number of halogens is 3. The molecular formula is C14H19F3N2O. The number of nitrogens with zero attached hydrogens (tertiary/aromatic N) is 1. The number of nitrogens with two attached hydrogens (primary N) is 1. The maximum atomic E-state index is 12.8. The first-order valence-corrected chi connectivity index (χ1v) is 6.59. The zero-order chi connectivity index (χ0) is 15.0. The maximum Gasteiger partial charge on any atom is 0.418 e. The first kappa shape index (κ1) is 15.1. The first-order valence-electron chi connectivity index (χ1n) is 6.59. The fraction of sp³-hybridized carbons (Fsp3) is 0.571. The standard InChI is InChI=1S/C14H19F3N2O/c1-13(20,14(15,16)17)9-19-7-6-10(8-18)11-4-2-3-5-12(11)19/h2-5,10,20H,6-9,18H2,1H3. The molecule has 0 spiro atoms. The van der Waals surface area contributed by atoms with E-state index in [-0.39, 0.29) is 5.92 Å². The van der Waals surface area contributed by atoms with E-state index < -0.39 is 18.3 Å². The molecule has 0 fully saturated rings. The molecule has 1 aromatic carbocycles. The molecule has 2 rings (SSSR count). The second-order valence-corrected chi connectivity index (χ2v) is 5.47. The lowest BCUT2D eigenvalue weighted by atomic mass is 9.89. The van der Waals surface area contributed by atoms with E-state index in [2.05, 4.69) is 0 Å². The Hall–Kier alpha value is -1.27. The summed E-state index contributed by atoms with van der Waals surface area (Å²) in [5.41, 5.74) is 4.68. The van der Waals surface area contributed by atoms with Gasteiger partial charge >= 0.3 is 6.18 Å². The van der Waals surface area contributed by atoms with Crippen LogP contribution in [-0.4, -0.2) is 36.5 Å². The summed E-state index contributed by atoms with van der Waals surface area (Å²) in [5.74, 6) is 0.165. The summed E-state index contributed by atoms with van der Waals surface area (Å²) in [7, 11) is 0. The number of alkyl halides is 3. The van der Waals surface area contributed by atoms with Crippen molar-refractivity contribution < 1.29 is 18.3 Å². The Kier molecular flexibility index (Phi) is 3.97. The van der Waals surface area contributed by atoms with E-state index in [4.69, 9.17) is 5.73 Å². The zero-order valence-electron chi connectivity index (χ0n) is 11.3. The van der Waals surface area contributed by atoms with Crippen molar-refractivity contribution >= 4 is 5.69 Å². The molecule has 3 N–H and O–H groups in total. The van der Waals surface area contributed by atoms with Crippen LogP contribution in [0.2, 0.25) is 0 Å². The van der Waals surface area contributed by atoms with Crippen molar-refractivity contribution in [1.29, 1.82) is 0 Å². The Labute approximate surface area is 116 Å². The Balaban J connectivity index is 2.27. The summed E-state index contributed by atoms with van der Waals surface area (Å²) in [6.45, 7) is 1.28. The largest absolute Gasteiger partial charge is 0.418 e. The molecule has 0 bridgehead atoms. The molecule has 1 heterocycles. The average molecular weight is 288 g/mol. The Morgan fingerprint density at radius 3 is 2.60 bits per heavy atom. The van der Waals surface area contributed by atoms with E-state index in [1.165, 1.54) is 0 Å². The number of para-hydroxylation sites is 1. The molecule has 3 nitrogen and oxygen atoms in total. The Bertz CT molecular complexity index is 474. The second kappa shape index (κ2) is 5.26. The third-order valence-corrected chi connectivity index (χ3v) is 3.86. The summed E-state index contributed by atoms with van der Waals surface area (Å²) in [4.78, 5) is 1.59. The fourth-order valence-corrected chi connectivity index (χ4v) is 2.58. The molecule has 1 aliphatic heterocycles. The monoisotopic (exact) mass is 288 g/mol. The van der Waals surface area contributed by atoms with Crippen molar-refractivity contribution in [3.8, 4) is 0 Å². The van der Waals surface area contributed by atoms with Crippen molar-refractivity contribution in [3.63, 3.8) is 0 Å². The molecule has 2 atom stereocenters. The van der Waals surface area contributed by atoms with Crippen LogP contribution in [0.15, 0.2) is 24.3 Å². The van der Waals surface area contributed by atoms with E-state index in [1.807, 2.05) is 12.1 Å². The maximum absolute atomic E-state index is 12.8. The first-order chi connectivity index (χ1) is 9.26. The molecule has 2 unspecified atom stereocenters. The van der Waals surface area contributed by atoms with E-state index in [9.17, 15) is 18.3 Å². The van der Waals surface area contributed by atoms with E-state index in [0.29, 0.717) is 19.5 Å². The Morgan fingerprint density at radius 1 is 1.35 bits per heavy atom. The van der Waals surface area contributed by atoms with Gasteiger partial charge in [-0.25, -0.2) is 0 Å². The third-order valence-electron chi connectivity index (χ3n) is 3.86. The van der Waals surface area contributed by atoms with Crippen LogP contribution in [0.4, 0.5) is 18.9 Å². The molecule has 112 valence electrons. The van der Waals surface area contributed by atoms with Gasteiger partial charge in [-0.2, -0.15) is 13.2 Å². The van der Waals surface area contributed by atoms with Crippen LogP contribution in [0.1, 0.15) is 24.8 Å². The van der Waals surface area contributed by atoms with Gasteiger partial charge < -0.3 is 15.7 Å². The van der Waals surface area contributed by atoms with Crippen LogP contribution in [0.3, 0.4) is 0 Å². The highest BCUT2D eigenvalue weighted by molar-refractivity contribution is 5.57. The van der Waals surface area contributed by atoms with Gasteiger partial charge in [-0.3, -0.25) is 0 Å². The van der Waals surface area contributed by atoms with Gasteiger partial charge in [-0.15, -0.1) is 0 Å². The molecule has 0 aromatic heterocycles. The number of rotatable bonds is 3. The molecule has 0 saturated heterocycles. The third kappa shape index (κ3) is 2.76. The summed E-state index contributed by atoms with van der Waals surface area (Å²) in [6.07, 6.45) is -3.95. The van der Waals surface area contributed by atoms with Crippen LogP contribution in [0.25, 0.3) is 0 Å². The SMILES string of the molecule is CC(O)(CN1CCC(CN)c2ccccc21)C(F)(F)F. The molecule has 0 amide bonds. The van der Waals surface area contributed by atoms with Crippen molar-refractivity contribution in [3.05, 3.63) is 29.8 Å². The minimum atomic E-state index is -4.65. The topological polar surface area (TPSA) is 49.5 Å². The lowest BCUT2D eigenvalue weighted by molar-refractivity contribution is -0.248. The van der Waals surface area contributed by atoms with Crippen LogP contribution >= 0.6 is 0 Å². The highest BCUT2D eigenvalue weighted by atomic mass is 19.4. The van der Waals surface area contributed by atoms with Crippen molar-refractivity contribution in [2.24, 2.45) is 5.73 Å². The van der Waals surface area contributed by atoms with E-state index >= 15 is 0 Å². The quantitative estimate of drug-likeness (QED) is 0.897. The molecule has 1 aromatic rings.